The SMILES string of the molecule is CC(C)S(=O)(=O)NCCCCCNc1ccc(N)cc1. The third kappa shape index (κ3) is 6.25. The van der Waals surface area contributed by atoms with Gasteiger partial charge in [-0.3, -0.25) is 0 Å². The number of unbranched alkanes of at least 4 members (excludes halogenated alkanes) is 2. The molecule has 5 nitrogen and oxygen atoms in total. The van der Waals surface area contributed by atoms with Gasteiger partial charge in [0.2, 0.25) is 10.0 Å². The van der Waals surface area contributed by atoms with Crippen molar-refractivity contribution in [2.75, 3.05) is 24.1 Å². The normalized spacial score (nSPS) is 11.8. The number of nitrogens with two attached hydrogens (primary N) is 1. The van der Waals surface area contributed by atoms with Crippen molar-refractivity contribution in [3.63, 3.8) is 0 Å². The number of nitrogens with one attached hydrogen (secondary N) is 2. The summed E-state index contributed by atoms with van der Waals surface area (Å²) in [6, 6.07) is 7.63. The molecule has 0 saturated heterocycles. The highest BCUT2D eigenvalue weighted by molar-refractivity contribution is 7.90. The Labute approximate surface area is 122 Å². The van der Waals surface area contributed by atoms with Gasteiger partial charge in [0.1, 0.15) is 0 Å². The summed E-state index contributed by atoms with van der Waals surface area (Å²) < 4.78 is 25.6. The van der Waals surface area contributed by atoms with Gasteiger partial charge >= 0.3 is 0 Å². The molecule has 0 spiro atoms. The number of benzene rings is 1. The second-order valence-corrected chi connectivity index (χ2v) is 7.42. The zero-order chi connectivity index (χ0) is 15.0. The van der Waals surface area contributed by atoms with Crippen molar-refractivity contribution in [1.29, 1.82) is 0 Å². The predicted molar refractivity (Wildman–Crippen MR) is 85.3 cm³/mol. The fourth-order valence-electron chi connectivity index (χ4n) is 1.64. The van der Waals surface area contributed by atoms with Crippen LogP contribution >= 0.6 is 0 Å². The molecule has 114 valence electrons. The van der Waals surface area contributed by atoms with E-state index in [0.717, 1.165) is 37.2 Å². The molecular weight excluding hydrogens is 274 g/mol. The molecule has 1 rings (SSSR count). The lowest BCUT2D eigenvalue weighted by Crippen LogP contribution is -2.31. The van der Waals surface area contributed by atoms with E-state index in [-0.39, 0.29) is 5.25 Å². The molecule has 20 heavy (non-hydrogen) atoms. The molecule has 4 N–H and O–H groups in total. The zero-order valence-corrected chi connectivity index (χ0v) is 13.0. The molecule has 0 aliphatic heterocycles. The van der Waals surface area contributed by atoms with Gasteiger partial charge < -0.3 is 11.1 Å². The molecule has 0 saturated carbocycles. The van der Waals surface area contributed by atoms with Gasteiger partial charge in [-0.1, -0.05) is 6.42 Å². The first-order valence-electron chi connectivity index (χ1n) is 7.00. The van der Waals surface area contributed by atoms with Crippen LogP contribution < -0.4 is 15.8 Å². The number of rotatable bonds is 9. The van der Waals surface area contributed by atoms with Crippen LogP contribution in [0.5, 0.6) is 0 Å². The molecule has 0 unspecified atom stereocenters. The highest BCUT2D eigenvalue weighted by Gasteiger charge is 2.13. The van der Waals surface area contributed by atoms with Crippen molar-refractivity contribution in [1.82, 2.24) is 4.72 Å². The van der Waals surface area contributed by atoms with Gasteiger partial charge in [-0.05, 0) is 51.0 Å². The average molecular weight is 299 g/mol. The maximum absolute atomic E-state index is 11.5. The highest BCUT2D eigenvalue weighted by Crippen LogP contribution is 2.10. The first kappa shape index (κ1) is 16.8. The second kappa shape index (κ2) is 8.11. The van der Waals surface area contributed by atoms with Gasteiger partial charge in [-0.25, -0.2) is 13.1 Å². The number of hydrogen-bond acceptors (Lipinski definition) is 4. The summed E-state index contributed by atoms with van der Waals surface area (Å²) in [5.41, 5.74) is 7.42. The second-order valence-electron chi connectivity index (χ2n) is 5.10. The molecule has 0 aliphatic rings. The molecule has 0 aliphatic carbocycles. The van der Waals surface area contributed by atoms with Gasteiger partial charge in [0.15, 0.2) is 0 Å². The molecular formula is C14H25N3O2S. The van der Waals surface area contributed by atoms with E-state index in [0.29, 0.717) is 6.54 Å². The molecule has 0 amide bonds. The Balaban J connectivity index is 2.07. The van der Waals surface area contributed by atoms with E-state index in [2.05, 4.69) is 10.0 Å². The van der Waals surface area contributed by atoms with Crippen molar-refractivity contribution in [3.8, 4) is 0 Å². The summed E-state index contributed by atoms with van der Waals surface area (Å²) in [6.07, 6.45) is 2.85. The van der Waals surface area contributed by atoms with E-state index in [1.165, 1.54) is 0 Å². The minimum absolute atomic E-state index is 0.366. The maximum Gasteiger partial charge on any atom is 0.213 e. The van der Waals surface area contributed by atoms with Crippen LogP contribution in [0.1, 0.15) is 33.1 Å². The molecule has 1 aromatic rings. The zero-order valence-electron chi connectivity index (χ0n) is 12.2. The predicted octanol–water partition coefficient (Wildman–Crippen LogP) is 2.18. The van der Waals surface area contributed by atoms with Gasteiger partial charge in [0, 0.05) is 24.5 Å². The topological polar surface area (TPSA) is 84.2 Å². The van der Waals surface area contributed by atoms with E-state index in [4.69, 9.17) is 5.73 Å². The molecule has 6 heteroatoms. The molecule has 1 aromatic carbocycles. The molecule has 0 radical (unpaired) electrons. The van der Waals surface area contributed by atoms with Crippen molar-refractivity contribution in [2.24, 2.45) is 0 Å². The van der Waals surface area contributed by atoms with Crippen LogP contribution in [-0.2, 0) is 10.0 Å². The minimum atomic E-state index is -3.12. The maximum atomic E-state index is 11.5. The Kier molecular flexibility index (Phi) is 6.81. The molecule has 0 bridgehead atoms. The third-order valence-electron chi connectivity index (χ3n) is 3.02. The summed E-state index contributed by atoms with van der Waals surface area (Å²) in [7, 11) is -3.12. The molecule has 0 aromatic heterocycles. The van der Waals surface area contributed by atoms with Crippen molar-refractivity contribution >= 4 is 21.4 Å². The Morgan fingerprint density at radius 3 is 2.25 bits per heavy atom. The Morgan fingerprint density at radius 1 is 1.05 bits per heavy atom. The number of sulfonamides is 1. The number of nitrogen functional groups attached to an aromatic ring is 1. The number of anilines is 2. The van der Waals surface area contributed by atoms with Gasteiger partial charge in [-0.2, -0.15) is 0 Å². The lowest BCUT2D eigenvalue weighted by molar-refractivity contribution is 0.566. The van der Waals surface area contributed by atoms with Crippen LogP contribution in [0, 0.1) is 0 Å². The van der Waals surface area contributed by atoms with Gasteiger partial charge in [-0.15, -0.1) is 0 Å². The molecule has 0 heterocycles. The monoisotopic (exact) mass is 299 g/mol. The lowest BCUT2D eigenvalue weighted by atomic mass is 10.2. The van der Waals surface area contributed by atoms with Crippen LogP contribution in [0.3, 0.4) is 0 Å². The van der Waals surface area contributed by atoms with E-state index in [1.54, 1.807) is 13.8 Å². The largest absolute Gasteiger partial charge is 0.399 e. The van der Waals surface area contributed by atoms with Crippen LogP contribution in [0.25, 0.3) is 0 Å². The lowest BCUT2D eigenvalue weighted by Gasteiger charge is -2.09. The Hall–Kier alpha value is -1.27. The average Bonchev–Trinajstić information content (AvgIpc) is 2.39. The van der Waals surface area contributed by atoms with Crippen LogP contribution in [-0.4, -0.2) is 26.8 Å². The van der Waals surface area contributed by atoms with Crippen LogP contribution in [0.2, 0.25) is 0 Å². The van der Waals surface area contributed by atoms with E-state index in [1.807, 2.05) is 24.3 Å². The summed E-state index contributed by atoms with van der Waals surface area (Å²) in [4.78, 5) is 0. The van der Waals surface area contributed by atoms with Crippen LogP contribution in [0.15, 0.2) is 24.3 Å². The fraction of sp³-hybridized carbons (Fsp3) is 0.571. The first-order valence-corrected chi connectivity index (χ1v) is 8.54. The Bertz CT molecular complexity index is 484. The van der Waals surface area contributed by atoms with E-state index in [9.17, 15) is 8.42 Å². The fourth-order valence-corrected chi connectivity index (χ4v) is 2.40. The number of hydrogen-bond donors (Lipinski definition) is 3. The summed E-state index contributed by atoms with van der Waals surface area (Å²) in [5.74, 6) is 0. The van der Waals surface area contributed by atoms with Gasteiger partial charge in [0.05, 0.1) is 5.25 Å². The molecule has 0 fully saturated rings. The van der Waals surface area contributed by atoms with E-state index >= 15 is 0 Å². The summed E-state index contributed by atoms with van der Waals surface area (Å²) in [6.45, 7) is 4.75. The highest BCUT2D eigenvalue weighted by atomic mass is 32.2. The summed E-state index contributed by atoms with van der Waals surface area (Å²) in [5, 5.41) is 2.94. The summed E-state index contributed by atoms with van der Waals surface area (Å²) >= 11 is 0. The van der Waals surface area contributed by atoms with Crippen molar-refractivity contribution in [2.45, 2.75) is 38.4 Å². The van der Waals surface area contributed by atoms with Gasteiger partial charge in [0.25, 0.3) is 0 Å². The third-order valence-corrected chi connectivity index (χ3v) is 4.86. The standard InChI is InChI=1S/C14H25N3O2S/c1-12(2)20(18,19)17-11-5-3-4-10-16-14-8-6-13(15)7-9-14/h6-9,12,16-17H,3-5,10-11,15H2,1-2H3. The first-order chi connectivity index (χ1) is 9.42. The van der Waals surface area contributed by atoms with Crippen molar-refractivity contribution in [3.05, 3.63) is 24.3 Å². The Morgan fingerprint density at radius 2 is 1.65 bits per heavy atom. The molecule has 0 atom stereocenters. The van der Waals surface area contributed by atoms with E-state index < -0.39 is 10.0 Å². The quantitative estimate of drug-likeness (QED) is 0.482. The van der Waals surface area contributed by atoms with Crippen LogP contribution in [0.4, 0.5) is 11.4 Å². The smallest absolute Gasteiger partial charge is 0.213 e. The van der Waals surface area contributed by atoms with Crippen molar-refractivity contribution < 1.29 is 8.42 Å². The minimum Gasteiger partial charge on any atom is -0.399 e.